The molecule has 3 nitrogen and oxygen atoms in total. The molecule has 3 heteroatoms. The zero-order chi connectivity index (χ0) is 9.84. The molecule has 1 heterocycles. The van der Waals surface area contributed by atoms with Crippen LogP contribution in [0, 0.1) is 13.0 Å². The summed E-state index contributed by atoms with van der Waals surface area (Å²) in [6.07, 6.45) is 2.41. The number of hydrogen-bond donors (Lipinski definition) is 1. The van der Waals surface area contributed by atoms with Gasteiger partial charge >= 0.3 is 0 Å². The Hall–Kier alpha value is -0.570. The standard InChI is InChI=1S/C10H20N2O/c1-9(13)12(3)8-10-4-6-11(2)7-5-10/h10-11H,2,4-8H2,1,3H3. The van der Waals surface area contributed by atoms with E-state index in [1.165, 1.54) is 17.7 Å². The maximum Gasteiger partial charge on any atom is 0.219 e. The number of nitrogens with one attached hydrogen (secondary N) is 1. The summed E-state index contributed by atoms with van der Waals surface area (Å²) in [6, 6.07) is 0. The Morgan fingerprint density at radius 1 is 1.54 bits per heavy atom. The molecule has 1 fully saturated rings. The van der Waals surface area contributed by atoms with Crippen LogP contribution >= 0.6 is 0 Å². The summed E-state index contributed by atoms with van der Waals surface area (Å²) in [4.78, 5) is 14.2. The third-order valence-corrected chi connectivity index (χ3v) is 2.88. The van der Waals surface area contributed by atoms with Crippen molar-refractivity contribution in [2.24, 2.45) is 5.92 Å². The maximum absolute atomic E-state index is 11.0. The van der Waals surface area contributed by atoms with E-state index in [0.717, 1.165) is 19.6 Å². The van der Waals surface area contributed by atoms with Crippen LogP contribution in [-0.4, -0.2) is 37.5 Å². The fourth-order valence-corrected chi connectivity index (χ4v) is 1.78. The highest BCUT2D eigenvalue weighted by Crippen LogP contribution is 2.10. The molecule has 0 aromatic rings. The van der Waals surface area contributed by atoms with Crippen LogP contribution in [0.2, 0.25) is 0 Å². The van der Waals surface area contributed by atoms with Gasteiger partial charge in [-0.05, 0) is 18.8 Å². The van der Waals surface area contributed by atoms with Crippen molar-refractivity contribution in [3.05, 3.63) is 7.05 Å². The third kappa shape index (κ3) is 3.35. The van der Waals surface area contributed by atoms with Crippen LogP contribution in [-0.2, 0) is 4.79 Å². The van der Waals surface area contributed by atoms with Crippen LogP contribution < -0.4 is 4.90 Å². The Morgan fingerprint density at radius 3 is 2.54 bits per heavy atom. The normalized spacial score (nSPS) is 28.5. The molecule has 0 aromatic carbocycles. The van der Waals surface area contributed by atoms with E-state index in [2.05, 4.69) is 7.05 Å². The Morgan fingerprint density at radius 2 is 2.08 bits per heavy atom. The maximum atomic E-state index is 11.0. The molecular formula is C10H20N2O. The molecule has 0 spiro atoms. The summed E-state index contributed by atoms with van der Waals surface area (Å²) < 4.78 is 0. The van der Waals surface area contributed by atoms with Crippen molar-refractivity contribution in [2.45, 2.75) is 19.8 Å². The second-order valence-electron chi connectivity index (χ2n) is 4.09. The van der Waals surface area contributed by atoms with E-state index in [9.17, 15) is 4.79 Å². The third-order valence-electron chi connectivity index (χ3n) is 2.88. The van der Waals surface area contributed by atoms with E-state index < -0.39 is 0 Å². The summed E-state index contributed by atoms with van der Waals surface area (Å²) in [5.41, 5.74) is 0. The second-order valence-corrected chi connectivity index (χ2v) is 4.09. The molecule has 1 amide bonds. The molecule has 0 unspecified atom stereocenters. The van der Waals surface area contributed by atoms with E-state index in [1.54, 1.807) is 6.92 Å². The lowest BCUT2D eigenvalue weighted by molar-refractivity contribution is -0.860. The first-order valence-corrected chi connectivity index (χ1v) is 4.98. The zero-order valence-electron chi connectivity index (χ0n) is 8.68. The largest absolute Gasteiger partial charge is 0.468 e. The van der Waals surface area contributed by atoms with Crippen LogP contribution in [0.1, 0.15) is 19.8 Å². The van der Waals surface area contributed by atoms with Crippen molar-refractivity contribution in [1.29, 1.82) is 0 Å². The van der Waals surface area contributed by atoms with Gasteiger partial charge in [0.15, 0.2) is 0 Å². The minimum Gasteiger partial charge on any atom is -0.468 e. The highest BCUT2D eigenvalue weighted by atomic mass is 16.2. The number of piperidine rings is 1. The minimum absolute atomic E-state index is 0.171. The molecule has 0 aromatic heterocycles. The summed E-state index contributed by atoms with van der Waals surface area (Å²) in [5, 5.41) is 0. The van der Waals surface area contributed by atoms with E-state index >= 15 is 0 Å². The molecule has 0 radical (unpaired) electrons. The van der Waals surface area contributed by atoms with Crippen LogP contribution in [0.4, 0.5) is 0 Å². The van der Waals surface area contributed by atoms with Crippen molar-refractivity contribution >= 4 is 5.91 Å². The van der Waals surface area contributed by atoms with Gasteiger partial charge in [-0.2, -0.15) is 7.05 Å². The molecule has 1 aliphatic heterocycles. The molecule has 13 heavy (non-hydrogen) atoms. The van der Waals surface area contributed by atoms with Gasteiger partial charge in [-0.3, -0.25) is 4.79 Å². The average Bonchev–Trinajstić information content (AvgIpc) is 2.08. The molecule has 1 N–H and O–H groups in total. The predicted octanol–water partition coefficient (Wildman–Crippen LogP) is -0.449. The smallest absolute Gasteiger partial charge is 0.219 e. The lowest BCUT2D eigenvalue weighted by Crippen LogP contribution is -3.08. The molecule has 0 bridgehead atoms. The van der Waals surface area contributed by atoms with E-state index in [-0.39, 0.29) is 5.91 Å². The van der Waals surface area contributed by atoms with Gasteiger partial charge in [-0.1, -0.05) is 0 Å². The number of likely N-dealkylation sites (tertiary alicyclic amines) is 1. The fourth-order valence-electron chi connectivity index (χ4n) is 1.78. The molecule has 76 valence electrons. The van der Waals surface area contributed by atoms with Crippen molar-refractivity contribution in [3.8, 4) is 0 Å². The first-order valence-electron chi connectivity index (χ1n) is 4.98. The molecular weight excluding hydrogens is 164 g/mol. The molecule has 1 saturated heterocycles. The quantitative estimate of drug-likeness (QED) is 0.578. The Balaban J connectivity index is 2.26. The number of rotatable bonds is 2. The number of nitrogens with zero attached hydrogens (tertiary/aromatic N) is 1. The molecule has 1 aliphatic rings. The highest BCUT2D eigenvalue weighted by Gasteiger charge is 2.19. The van der Waals surface area contributed by atoms with Gasteiger partial charge in [0.1, 0.15) is 0 Å². The van der Waals surface area contributed by atoms with Crippen LogP contribution in [0.3, 0.4) is 0 Å². The molecule has 0 aliphatic carbocycles. The number of amides is 1. The predicted molar refractivity (Wildman–Crippen MR) is 52.1 cm³/mol. The Labute approximate surface area is 80.7 Å². The SMILES string of the molecule is [CH2-][NH+]1CCC(CN(C)C(C)=O)CC1. The summed E-state index contributed by atoms with van der Waals surface area (Å²) in [5.74, 6) is 0.865. The van der Waals surface area contributed by atoms with E-state index in [1.807, 2.05) is 11.9 Å². The van der Waals surface area contributed by atoms with Gasteiger partial charge in [0.2, 0.25) is 5.91 Å². The number of carbonyl (C=O) groups excluding carboxylic acids is 1. The lowest BCUT2D eigenvalue weighted by Gasteiger charge is -2.32. The summed E-state index contributed by atoms with van der Waals surface area (Å²) >= 11 is 0. The van der Waals surface area contributed by atoms with Crippen LogP contribution in [0.5, 0.6) is 0 Å². The van der Waals surface area contributed by atoms with Gasteiger partial charge in [-0.25, -0.2) is 0 Å². The Bertz CT molecular complexity index is 174. The van der Waals surface area contributed by atoms with E-state index in [0.29, 0.717) is 5.92 Å². The van der Waals surface area contributed by atoms with Crippen molar-refractivity contribution in [3.63, 3.8) is 0 Å². The highest BCUT2D eigenvalue weighted by molar-refractivity contribution is 5.72. The van der Waals surface area contributed by atoms with Crippen molar-refractivity contribution in [2.75, 3.05) is 26.7 Å². The number of quaternary nitrogens is 1. The van der Waals surface area contributed by atoms with Gasteiger partial charge < -0.3 is 9.80 Å². The molecule has 0 atom stereocenters. The van der Waals surface area contributed by atoms with Gasteiger partial charge in [0.25, 0.3) is 0 Å². The number of carbonyl (C=O) groups is 1. The van der Waals surface area contributed by atoms with E-state index in [4.69, 9.17) is 0 Å². The molecule has 1 rings (SSSR count). The van der Waals surface area contributed by atoms with Crippen molar-refractivity contribution < 1.29 is 9.69 Å². The lowest BCUT2D eigenvalue weighted by atomic mass is 9.97. The first-order chi connectivity index (χ1) is 6.09. The number of hydrogen-bond acceptors (Lipinski definition) is 1. The topological polar surface area (TPSA) is 24.8 Å². The average molecular weight is 184 g/mol. The van der Waals surface area contributed by atoms with Gasteiger partial charge in [-0.15, -0.1) is 0 Å². The van der Waals surface area contributed by atoms with Crippen LogP contribution in [0.15, 0.2) is 0 Å². The fraction of sp³-hybridized carbons (Fsp3) is 0.800. The zero-order valence-corrected chi connectivity index (χ0v) is 8.68. The first kappa shape index (κ1) is 10.5. The molecule has 0 saturated carbocycles. The van der Waals surface area contributed by atoms with Gasteiger partial charge in [0.05, 0.1) is 13.1 Å². The summed E-state index contributed by atoms with van der Waals surface area (Å²) in [7, 11) is 5.86. The Kier molecular flexibility index (Phi) is 3.72. The second kappa shape index (κ2) is 4.61. The van der Waals surface area contributed by atoms with Gasteiger partial charge in [0, 0.05) is 20.5 Å². The van der Waals surface area contributed by atoms with Crippen LogP contribution in [0.25, 0.3) is 0 Å². The monoisotopic (exact) mass is 184 g/mol. The minimum atomic E-state index is 0.171. The van der Waals surface area contributed by atoms with Crippen molar-refractivity contribution in [1.82, 2.24) is 4.90 Å². The summed E-state index contributed by atoms with van der Waals surface area (Å²) in [6.45, 7) is 4.84.